The Morgan fingerprint density at radius 2 is 2.27 bits per heavy atom. The molecule has 0 radical (unpaired) electrons. The van der Waals surface area contributed by atoms with E-state index in [4.69, 9.17) is 0 Å². The van der Waals surface area contributed by atoms with Gasteiger partial charge in [-0.1, -0.05) is 12.1 Å². The second kappa shape index (κ2) is 7.01. The van der Waals surface area contributed by atoms with Crippen LogP contribution in [0.4, 0.5) is 5.69 Å². The van der Waals surface area contributed by atoms with Crippen LogP contribution in [0.2, 0.25) is 0 Å². The quantitative estimate of drug-likeness (QED) is 0.744. The maximum atomic E-state index is 12.9. The lowest BCUT2D eigenvalue weighted by atomic mass is 9.90. The molecule has 2 N–H and O–H groups in total. The molecule has 7 heteroatoms. The van der Waals surface area contributed by atoms with Gasteiger partial charge in [0, 0.05) is 54.6 Å². The molecule has 6 nitrogen and oxygen atoms in total. The van der Waals surface area contributed by atoms with Crippen LogP contribution in [0.25, 0.3) is 10.6 Å². The lowest BCUT2D eigenvalue weighted by Gasteiger charge is -2.17. The van der Waals surface area contributed by atoms with E-state index in [2.05, 4.69) is 20.7 Å². The summed E-state index contributed by atoms with van der Waals surface area (Å²) in [5, 5.41) is 13.6. The molecule has 0 unspecified atom stereocenters. The first-order valence-corrected chi connectivity index (χ1v) is 9.51. The first-order chi connectivity index (χ1) is 12.6. The van der Waals surface area contributed by atoms with Crippen molar-refractivity contribution in [3.63, 3.8) is 0 Å². The molecule has 2 aromatic heterocycles. The molecule has 1 amide bonds. The van der Waals surface area contributed by atoms with Crippen molar-refractivity contribution in [2.24, 2.45) is 13.0 Å². The van der Waals surface area contributed by atoms with E-state index in [1.165, 1.54) is 0 Å². The van der Waals surface area contributed by atoms with Crippen LogP contribution in [0.5, 0.6) is 0 Å². The molecule has 26 heavy (non-hydrogen) atoms. The Balaban J connectivity index is 1.51. The van der Waals surface area contributed by atoms with Crippen LogP contribution in [0.15, 0.2) is 42.0 Å². The van der Waals surface area contributed by atoms with Crippen LogP contribution in [0, 0.1) is 12.8 Å². The molecule has 1 aliphatic rings. The van der Waals surface area contributed by atoms with E-state index in [0.717, 1.165) is 34.1 Å². The molecule has 3 heterocycles. The number of nitrogens with one attached hydrogen (secondary N) is 2. The van der Waals surface area contributed by atoms with Gasteiger partial charge in [-0.05, 0) is 24.6 Å². The SMILES string of the molecule is Cc1csc(-c2cccc(NC(=O)[C@H]3CNC[C@@H]3c3cnn(C)c3)c2)n1. The Bertz CT molecular complexity index is 931. The second-order valence-corrected chi connectivity index (χ2v) is 7.54. The third-order valence-electron chi connectivity index (χ3n) is 4.70. The van der Waals surface area contributed by atoms with Crippen molar-refractivity contribution < 1.29 is 4.79 Å². The van der Waals surface area contributed by atoms with Gasteiger partial charge in [0.05, 0.1) is 12.1 Å². The highest BCUT2D eigenvalue weighted by Gasteiger charge is 2.34. The lowest BCUT2D eigenvalue weighted by Crippen LogP contribution is -2.28. The average molecular weight is 367 g/mol. The fraction of sp³-hybridized carbons (Fsp3) is 0.316. The minimum Gasteiger partial charge on any atom is -0.326 e. The molecule has 1 aromatic carbocycles. The maximum Gasteiger partial charge on any atom is 0.229 e. The molecule has 0 saturated carbocycles. The number of benzene rings is 1. The zero-order valence-corrected chi connectivity index (χ0v) is 15.6. The molecule has 0 aliphatic carbocycles. The number of aromatic nitrogens is 3. The molecule has 1 aliphatic heterocycles. The van der Waals surface area contributed by atoms with Gasteiger partial charge in [-0.3, -0.25) is 9.48 Å². The number of amides is 1. The van der Waals surface area contributed by atoms with Crippen LogP contribution >= 0.6 is 11.3 Å². The number of rotatable bonds is 4. The highest BCUT2D eigenvalue weighted by atomic mass is 32.1. The van der Waals surface area contributed by atoms with Crippen LogP contribution in [0.1, 0.15) is 17.2 Å². The van der Waals surface area contributed by atoms with Crippen molar-refractivity contribution in [2.75, 3.05) is 18.4 Å². The van der Waals surface area contributed by atoms with Crippen molar-refractivity contribution >= 4 is 22.9 Å². The summed E-state index contributed by atoms with van der Waals surface area (Å²) >= 11 is 1.61. The molecule has 3 aromatic rings. The van der Waals surface area contributed by atoms with Crippen molar-refractivity contribution in [2.45, 2.75) is 12.8 Å². The Morgan fingerprint density at radius 1 is 1.38 bits per heavy atom. The highest BCUT2D eigenvalue weighted by molar-refractivity contribution is 7.13. The van der Waals surface area contributed by atoms with Gasteiger partial charge in [0.2, 0.25) is 5.91 Å². The Labute approximate surface area is 156 Å². The Morgan fingerprint density at radius 3 is 3.00 bits per heavy atom. The standard InChI is InChI=1S/C19H21N5OS/c1-12-11-26-19(22-12)13-4-3-5-15(6-13)23-18(25)17-9-20-8-16(17)14-7-21-24(2)10-14/h3-7,10-11,16-17,20H,8-9H2,1-2H3,(H,23,25)/t16-,17+/m1/s1. The van der Waals surface area contributed by atoms with Crippen LogP contribution < -0.4 is 10.6 Å². The van der Waals surface area contributed by atoms with Gasteiger partial charge in [-0.2, -0.15) is 5.10 Å². The molecular formula is C19H21N5OS. The number of aryl methyl sites for hydroxylation is 2. The minimum absolute atomic E-state index is 0.0383. The summed E-state index contributed by atoms with van der Waals surface area (Å²) in [6.45, 7) is 3.45. The number of anilines is 1. The third kappa shape index (κ3) is 3.40. The van der Waals surface area contributed by atoms with E-state index < -0.39 is 0 Å². The fourth-order valence-corrected chi connectivity index (χ4v) is 4.18. The van der Waals surface area contributed by atoms with Crippen molar-refractivity contribution in [3.05, 3.63) is 53.3 Å². The molecule has 1 saturated heterocycles. The zero-order valence-electron chi connectivity index (χ0n) is 14.8. The topological polar surface area (TPSA) is 71.8 Å². The Hall–Kier alpha value is -2.51. The van der Waals surface area contributed by atoms with Gasteiger partial charge in [0.15, 0.2) is 0 Å². The molecule has 134 valence electrons. The normalized spacial score (nSPS) is 19.6. The van der Waals surface area contributed by atoms with Crippen LogP contribution in [0.3, 0.4) is 0 Å². The van der Waals surface area contributed by atoms with Gasteiger partial charge in [0.25, 0.3) is 0 Å². The summed E-state index contributed by atoms with van der Waals surface area (Å²) in [5.41, 5.74) is 3.94. The van der Waals surface area contributed by atoms with Gasteiger partial charge >= 0.3 is 0 Å². The Kier molecular flexibility index (Phi) is 4.57. The van der Waals surface area contributed by atoms with Crippen molar-refractivity contribution in [1.29, 1.82) is 0 Å². The average Bonchev–Trinajstić information content (AvgIpc) is 3.35. The summed E-state index contributed by atoms with van der Waals surface area (Å²) in [4.78, 5) is 17.4. The largest absolute Gasteiger partial charge is 0.326 e. The molecule has 4 rings (SSSR count). The first-order valence-electron chi connectivity index (χ1n) is 8.63. The van der Waals surface area contributed by atoms with E-state index in [0.29, 0.717) is 6.54 Å². The van der Waals surface area contributed by atoms with E-state index in [9.17, 15) is 4.79 Å². The van der Waals surface area contributed by atoms with Gasteiger partial charge in [0.1, 0.15) is 5.01 Å². The molecule has 0 bridgehead atoms. The first kappa shape index (κ1) is 16.9. The molecule has 1 fully saturated rings. The van der Waals surface area contributed by atoms with E-state index in [1.807, 2.05) is 56.0 Å². The highest BCUT2D eigenvalue weighted by Crippen LogP contribution is 2.30. The summed E-state index contributed by atoms with van der Waals surface area (Å²) in [6, 6.07) is 7.87. The lowest BCUT2D eigenvalue weighted by molar-refractivity contribution is -0.119. The predicted octanol–water partition coefficient (Wildman–Crippen LogP) is 2.79. The van der Waals surface area contributed by atoms with E-state index >= 15 is 0 Å². The van der Waals surface area contributed by atoms with Crippen LogP contribution in [-0.2, 0) is 11.8 Å². The second-order valence-electron chi connectivity index (χ2n) is 6.68. The van der Waals surface area contributed by atoms with Crippen molar-refractivity contribution in [3.8, 4) is 10.6 Å². The number of thiazole rings is 1. The van der Waals surface area contributed by atoms with Crippen molar-refractivity contribution in [1.82, 2.24) is 20.1 Å². The summed E-state index contributed by atoms with van der Waals surface area (Å²) in [5.74, 6) is 0.0785. The summed E-state index contributed by atoms with van der Waals surface area (Å²) in [7, 11) is 1.90. The predicted molar refractivity (Wildman–Crippen MR) is 103 cm³/mol. The number of hydrogen-bond donors (Lipinski definition) is 2. The summed E-state index contributed by atoms with van der Waals surface area (Å²) in [6.07, 6.45) is 3.84. The number of nitrogens with zero attached hydrogens (tertiary/aromatic N) is 3. The maximum absolute atomic E-state index is 12.9. The van der Waals surface area contributed by atoms with E-state index in [1.54, 1.807) is 16.0 Å². The third-order valence-corrected chi connectivity index (χ3v) is 5.71. The summed E-state index contributed by atoms with van der Waals surface area (Å²) < 4.78 is 1.78. The molecular weight excluding hydrogens is 346 g/mol. The number of carbonyl (C=O) groups excluding carboxylic acids is 1. The monoisotopic (exact) mass is 367 g/mol. The minimum atomic E-state index is -0.107. The zero-order chi connectivity index (χ0) is 18.1. The number of hydrogen-bond acceptors (Lipinski definition) is 5. The fourth-order valence-electron chi connectivity index (χ4n) is 3.39. The van der Waals surface area contributed by atoms with Gasteiger partial charge < -0.3 is 10.6 Å². The molecule has 2 atom stereocenters. The molecule has 0 spiro atoms. The van der Waals surface area contributed by atoms with Gasteiger partial charge in [-0.25, -0.2) is 4.98 Å². The smallest absolute Gasteiger partial charge is 0.229 e. The van der Waals surface area contributed by atoms with Crippen LogP contribution in [-0.4, -0.2) is 33.8 Å². The van der Waals surface area contributed by atoms with E-state index in [-0.39, 0.29) is 17.7 Å². The van der Waals surface area contributed by atoms with Gasteiger partial charge in [-0.15, -0.1) is 11.3 Å². The number of carbonyl (C=O) groups is 1.